The van der Waals surface area contributed by atoms with Crippen molar-refractivity contribution in [2.45, 2.75) is 71.8 Å². The number of hydrogen-bond acceptors (Lipinski definition) is 6. The van der Waals surface area contributed by atoms with Crippen molar-refractivity contribution >= 4 is 29.2 Å². The number of nitrogens with two attached hydrogens (primary N) is 1. The van der Waals surface area contributed by atoms with E-state index in [-0.39, 0.29) is 41.7 Å². The lowest BCUT2D eigenvalue weighted by Crippen LogP contribution is -2.47. The number of nitrogens with zero attached hydrogens (tertiary/aromatic N) is 3. The second-order valence-electron chi connectivity index (χ2n) is 8.66. The fraction of sp³-hybridized carbons (Fsp3) is 0.682. The topological polar surface area (TPSA) is 139 Å². The first-order chi connectivity index (χ1) is 15.3. The van der Waals surface area contributed by atoms with E-state index in [1.54, 1.807) is 0 Å². The summed E-state index contributed by atoms with van der Waals surface area (Å²) in [6, 6.07) is 0. The summed E-state index contributed by atoms with van der Waals surface area (Å²) in [6.45, 7) is 3.98. The first-order valence-electron chi connectivity index (χ1n) is 11.6. The molecule has 0 aromatic carbocycles. The maximum Gasteiger partial charge on any atom is 0.330 e. The van der Waals surface area contributed by atoms with E-state index in [1.807, 2.05) is 13.8 Å². The van der Waals surface area contributed by atoms with Gasteiger partial charge in [0.05, 0.1) is 11.8 Å². The number of fused-ring (bicyclic) bond motifs is 1. The molecule has 2 aliphatic rings. The number of likely N-dealkylation sites (tertiary alicyclic amines) is 1. The van der Waals surface area contributed by atoms with Crippen LogP contribution in [0.2, 0.25) is 0 Å². The molecule has 1 aliphatic heterocycles. The van der Waals surface area contributed by atoms with Gasteiger partial charge in [0.25, 0.3) is 5.56 Å². The Labute approximate surface area is 186 Å². The highest BCUT2D eigenvalue weighted by Crippen LogP contribution is 2.38. The number of H-pyrrole nitrogens is 1. The second-order valence-corrected chi connectivity index (χ2v) is 8.66. The highest BCUT2D eigenvalue weighted by molar-refractivity contribution is 6.09. The third-order valence-electron chi connectivity index (χ3n) is 6.48. The Balaban J connectivity index is 1.92. The van der Waals surface area contributed by atoms with E-state index in [9.17, 15) is 24.0 Å². The Morgan fingerprint density at radius 1 is 1.03 bits per heavy atom. The number of amides is 3. The minimum atomic E-state index is -0.752. The summed E-state index contributed by atoms with van der Waals surface area (Å²) in [4.78, 5) is 68.4. The molecule has 32 heavy (non-hydrogen) atoms. The van der Waals surface area contributed by atoms with Crippen molar-refractivity contribution in [3.8, 4) is 0 Å². The summed E-state index contributed by atoms with van der Waals surface area (Å²) in [5.41, 5.74) is 4.72. The largest absolute Gasteiger partial charge is 0.383 e. The molecule has 1 aromatic rings. The van der Waals surface area contributed by atoms with Crippen LogP contribution in [0.25, 0.3) is 0 Å². The van der Waals surface area contributed by atoms with E-state index >= 15 is 0 Å². The molecule has 3 amide bonds. The number of nitrogen functional groups attached to an aromatic ring is 1. The predicted octanol–water partition coefficient (Wildman–Crippen LogP) is 1.23. The molecule has 176 valence electrons. The van der Waals surface area contributed by atoms with Crippen molar-refractivity contribution in [2.75, 3.05) is 23.7 Å². The SMILES string of the molecule is CCCCN(C(=O)CN1C(=O)[C@H]2CCCC[C@@H]2C1=O)c1c(N)n(CCCC)c(=O)[nH]c1=O. The molecule has 1 saturated heterocycles. The normalized spacial score (nSPS) is 20.5. The lowest BCUT2D eigenvalue weighted by Gasteiger charge is -2.26. The quantitative estimate of drug-likeness (QED) is 0.546. The third kappa shape index (κ3) is 4.49. The van der Waals surface area contributed by atoms with Gasteiger partial charge in [0.15, 0.2) is 5.69 Å². The van der Waals surface area contributed by atoms with E-state index in [0.717, 1.165) is 30.6 Å². The molecule has 0 spiro atoms. The number of carbonyl (C=O) groups is 3. The molecular weight excluding hydrogens is 414 g/mol. The first kappa shape index (κ1) is 23.7. The smallest absolute Gasteiger partial charge is 0.330 e. The van der Waals surface area contributed by atoms with Crippen LogP contribution in [0.1, 0.15) is 65.2 Å². The van der Waals surface area contributed by atoms with Gasteiger partial charge in [-0.3, -0.25) is 33.6 Å². The maximum atomic E-state index is 13.3. The van der Waals surface area contributed by atoms with Crippen LogP contribution in [0.3, 0.4) is 0 Å². The van der Waals surface area contributed by atoms with Gasteiger partial charge in [0, 0.05) is 13.1 Å². The first-order valence-corrected chi connectivity index (χ1v) is 11.6. The Bertz CT molecular complexity index is 973. The van der Waals surface area contributed by atoms with Crippen LogP contribution in [-0.4, -0.2) is 45.3 Å². The van der Waals surface area contributed by atoms with Crippen molar-refractivity contribution in [3.05, 3.63) is 20.8 Å². The van der Waals surface area contributed by atoms with Crippen LogP contribution < -0.4 is 21.9 Å². The third-order valence-corrected chi connectivity index (χ3v) is 6.48. The number of hydrogen-bond donors (Lipinski definition) is 2. The summed E-state index contributed by atoms with van der Waals surface area (Å²) < 4.78 is 1.26. The fourth-order valence-electron chi connectivity index (χ4n) is 4.66. The maximum absolute atomic E-state index is 13.3. The Morgan fingerprint density at radius 2 is 1.62 bits per heavy atom. The van der Waals surface area contributed by atoms with Crippen LogP contribution >= 0.6 is 0 Å². The molecule has 0 bridgehead atoms. The van der Waals surface area contributed by atoms with Gasteiger partial charge in [0.2, 0.25) is 17.7 Å². The number of aromatic amines is 1. The lowest BCUT2D eigenvalue weighted by molar-refractivity contribution is -0.143. The average molecular weight is 448 g/mol. The number of anilines is 2. The standard InChI is InChI=1S/C22H33N5O5/c1-3-5-11-25(17-18(23)26(12-6-4-2)22(32)24-19(17)29)16(28)13-27-20(30)14-9-7-8-10-15(14)21(27)31/h14-15H,3-13,23H2,1-2H3,(H,24,29,32)/t14-,15-/m0/s1. The van der Waals surface area contributed by atoms with Gasteiger partial charge in [-0.15, -0.1) is 0 Å². The molecule has 1 aliphatic carbocycles. The van der Waals surface area contributed by atoms with Crippen LogP contribution in [0.4, 0.5) is 11.5 Å². The molecule has 10 heteroatoms. The number of nitrogens with one attached hydrogen (secondary N) is 1. The van der Waals surface area contributed by atoms with Crippen LogP contribution in [-0.2, 0) is 20.9 Å². The number of aromatic nitrogens is 2. The van der Waals surface area contributed by atoms with E-state index in [2.05, 4.69) is 4.98 Å². The van der Waals surface area contributed by atoms with Gasteiger partial charge in [-0.05, 0) is 25.7 Å². The van der Waals surface area contributed by atoms with Gasteiger partial charge < -0.3 is 10.6 Å². The van der Waals surface area contributed by atoms with E-state index < -0.39 is 23.7 Å². The number of rotatable bonds is 9. The Kier molecular flexibility index (Phi) is 7.52. The van der Waals surface area contributed by atoms with Gasteiger partial charge in [-0.1, -0.05) is 39.5 Å². The molecule has 3 rings (SSSR count). The van der Waals surface area contributed by atoms with E-state index in [0.29, 0.717) is 32.2 Å². The fourth-order valence-corrected chi connectivity index (χ4v) is 4.66. The minimum absolute atomic E-state index is 0.0793. The van der Waals surface area contributed by atoms with Gasteiger partial charge in [0.1, 0.15) is 12.4 Å². The van der Waals surface area contributed by atoms with Gasteiger partial charge in [-0.2, -0.15) is 0 Å². The van der Waals surface area contributed by atoms with E-state index in [1.165, 1.54) is 9.47 Å². The highest BCUT2D eigenvalue weighted by atomic mass is 16.2. The van der Waals surface area contributed by atoms with Crippen LogP contribution in [0, 0.1) is 11.8 Å². The summed E-state index contributed by atoms with van der Waals surface area (Å²) in [5, 5.41) is 0. The molecule has 0 radical (unpaired) electrons. The molecule has 2 atom stereocenters. The predicted molar refractivity (Wildman–Crippen MR) is 120 cm³/mol. The minimum Gasteiger partial charge on any atom is -0.383 e. The zero-order valence-electron chi connectivity index (χ0n) is 18.9. The zero-order chi connectivity index (χ0) is 23.4. The number of imide groups is 1. The van der Waals surface area contributed by atoms with E-state index in [4.69, 9.17) is 5.73 Å². The molecule has 3 N–H and O–H groups in total. The summed E-state index contributed by atoms with van der Waals surface area (Å²) >= 11 is 0. The molecule has 2 fully saturated rings. The van der Waals surface area contributed by atoms with Crippen LogP contribution in [0.5, 0.6) is 0 Å². The van der Waals surface area contributed by atoms with Gasteiger partial charge in [-0.25, -0.2) is 4.79 Å². The monoisotopic (exact) mass is 447 g/mol. The molecule has 0 unspecified atom stereocenters. The summed E-state index contributed by atoms with van der Waals surface area (Å²) in [7, 11) is 0. The van der Waals surface area contributed by atoms with Crippen molar-refractivity contribution in [2.24, 2.45) is 11.8 Å². The van der Waals surface area contributed by atoms with Gasteiger partial charge >= 0.3 is 5.69 Å². The lowest BCUT2D eigenvalue weighted by atomic mass is 9.81. The molecule has 1 aromatic heterocycles. The summed E-state index contributed by atoms with van der Waals surface area (Å²) in [5.74, 6) is -1.95. The molecule has 2 heterocycles. The zero-order valence-corrected chi connectivity index (χ0v) is 18.9. The number of carbonyl (C=O) groups excluding carboxylic acids is 3. The molecule has 10 nitrogen and oxygen atoms in total. The molecular formula is C22H33N5O5. The highest BCUT2D eigenvalue weighted by Gasteiger charge is 2.48. The van der Waals surface area contributed by atoms with Crippen molar-refractivity contribution in [1.29, 1.82) is 0 Å². The second kappa shape index (κ2) is 10.1. The molecule has 1 saturated carbocycles. The summed E-state index contributed by atoms with van der Waals surface area (Å²) in [6.07, 6.45) is 5.96. The van der Waals surface area contributed by atoms with Crippen molar-refractivity contribution in [3.63, 3.8) is 0 Å². The Morgan fingerprint density at radius 3 is 2.19 bits per heavy atom. The van der Waals surface area contributed by atoms with Crippen molar-refractivity contribution < 1.29 is 14.4 Å². The average Bonchev–Trinajstić information content (AvgIpc) is 3.00. The van der Waals surface area contributed by atoms with Crippen molar-refractivity contribution in [1.82, 2.24) is 14.5 Å². The van der Waals surface area contributed by atoms with Crippen LogP contribution in [0.15, 0.2) is 9.59 Å². The Hall–Kier alpha value is -2.91. The number of unbranched alkanes of at least 4 members (excludes halogenated alkanes) is 2.